The Morgan fingerprint density at radius 2 is 2.00 bits per heavy atom. The zero-order chi connectivity index (χ0) is 11.1. The molecule has 0 spiro atoms. The lowest BCUT2D eigenvalue weighted by atomic mass is 10.2. The second-order valence-corrected chi connectivity index (χ2v) is 3.46. The van der Waals surface area contributed by atoms with Crippen LogP contribution in [0.25, 0.3) is 0 Å². The van der Waals surface area contributed by atoms with Crippen LogP contribution in [-0.2, 0) is 14.3 Å². The van der Waals surface area contributed by atoms with E-state index >= 15 is 0 Å². The fraction of sp³-hybridized carbons (Fsp3) is 0.600. The smallest absolute Gasteiger partial charge is 0.328 e. The average Bonchev–Trinajstić information content (AvgIpc) is 2.13. The van der Waals surface area contributed by atoms with Crippen molar-refractivity contribution in [1.29, 1.82) is 0 Å². The van der Waals surface area contributed by atoms with Gasteiger partial charge in [-0.25, -0.2) is 4.79 Å². The molecule has 0 radical (unpaired) electrons. The summed E-state index contributed by atoms with van der Waals surface area (Å²) in [6.45, 7) is 9.11. The van der Waals surface area contributed by atoms with Crippen molar-refractivity contribution < 1.29 is 14.3 Å². The lowest BCUT2D eigenvalue weighted by molar-refractivity contribution is -0.148. The molecule has 0 aromatic carbocycles. The average molecular weight is 199 g/mol. The Labute approximate surface area is 84.3 Å². The molecule has 0 rings (SSSR count). The summed E-state index contributed by atoms with van der Waals surface area (Å²) in [6, 6.07) is -0.626. The highest BCUT2D eigenvalue weighted by molar-refractivity contribution is 5.90. The van der Waals surface area contributed by atoms with Crippen LogP contribution in [0.1, 0.15) is 20.8 Å². The Hall–Kier alpha value is -1.32. The summed E-state index contributed by atoms with van der Waals surface area (Å²) in [5.41, 5.74) is 0. The van der Waals surface area contributed by atoms with Crippen molar-refractivity contribution in [2.24, 2.45) is 5.92 Å². The maximum atomic E-state index is 11.2. The molecule has 0 heterocycles. The summed E-state index contributed by atoms with van der Waals surface area (Å²) in [4.78, 5) is 22.1. The first kappa shape index (κ1) is 12.7. The van der Waals surface area contributed by atoms with Crippen LogP contribution in [0.5, 0.6) is 0 Å². The lowest BCUT2D eigenvalue weighted by Crippen LogP contribution is -2.39. The van der Waals surface area contributed by atoms with Gasteiger partial charge in [-0.15, -0.1) is 0 Å². The number of nitrogens with one attached hydrogen (secondary N) is 1. The van der Waals surface area contributed by atoms with Crippen LogP contribution >= 0.6 is 0 Å². The van der Waals surface area contributed by atoms with E-state index in [4.69, 9.17) is 4.74 Å². The third-order valence-electron chi connectivity index (χ3n) is 1.46. The maximum Gasteiger partial charge on any atom is 0.328 e. The Bertz CT molecular complexity index is 223. The van der Waals surface area contributed by atoms with Gasteiger partial charge in [-0.05, 0) is 18.9 Å². The highest BCUT2D eigenvalue weighted by atomic mass is 16.5. The third-order valence-corrected chi connectivity index (χ3v) is 1.46. The summed E-state index contributed by atoms with van der Waals surface area (Å²) in [7, 11) is 0. The lowest BCUT2D eigenvalue weighted by Gasteiger charge is -2.13. The molecule has 1 amide bonds. The SMILES string of the molecule is C=CC(=O)NC(C)C(=O)OCC(C)C. The first-order chi connectivity index (χ1) is 6.47. The van der Waals surface area contributed by atoms with E-state index in [9.17, 15) is 9.59 Å². The molecule has 14 heavy (non-hydrogen) atoms. The Balaban J connectivity index is 3.87. The number of ether oxygens (including phenoxy) is 1. The molecule has 0 saturated heterocycles. The van der Waals surface area contributed by atoms with Gasteiger partial charge in [-0.2, -0.15) is 0 Å². The zero-order valence-corrected chi connectivity index (χ0v) is 8.87. The number of esters is 1. The van der Waals surface area contributed by atoms with Crippen LogP contribution in [0.2, 0.25) is 0 Å². The van der Waals surface area contributed by atoms with E-state index in [1.54, 1.807) is 6.92 Å². The molecule has 0 saturated carbocycles. The first-order valence-electron chi connectivity index (χ1n) is 4.57. The second kappa shape index (κ2) is 6.18. The Kier molecular flexibility index (Phi) is 5.60. The highest BCUT2D eigenvalue weighted by Gasteiger charge is 2.15. The molecule has 0 aromatic rings. The van der Waals surface area contributed by atoms with Crippen LogP contribution in [-0.4, -0.2) is 24.5 Å². The van der Waals surface area contributed by atoms with E-state index in [0.29, 0.717) is 12.5 Å². The molecule has 4 nitrogen and oxygen atoms in total. The molecule has 80 valence electrons. The van der Waals surface area contributed by atoms with Gasteiger partial charge < -0.3 is 10.1 Å². The monoisotopic (exact) mass is 199 g/mol. The fourth-order valence-electron chi connectivity index (χ4n) is 0.705. The zero-order valence-electron chi connectivity index (χ0n) is 8.87. The normalized spacial score (nSPS) is 12.0. The third kappa shape index (κ3) is 5.35. The molecule has 1 atom stereocenters. The van der Waals surface area contributed by atoms with Gasteiger partial charge in [-0.1, -0.05) is 20.4 Å². The minimum absolute atomic E-state index is 0.293. The van der Waals surface area contributed by atoms with E-state index in [2.05, 4.69) is 11.9 Å². The van der Waals surface area contributed by atoms with Crippen molar-refractivity contribution in [3.05, 3.63) is 12.7 Å². The van der Waals surface area contributed by atoms with Crippen molar-refractivity contribution in [2.75, 3.05) is 6.61 Å². The number of rotatable bonds is 5. The van der Waals surface area contributed by atoms with Crippen LogP contribution in [0, 0.1) is 5.92 Å². The molecule has 0 aromatic heterocycles. The molecule has 1 unspecified atom stereocenters. The summed E-state index contributed by atoms with van der Waals surface area (Å²) in [5, 5.41) is 2.42. The number of carbonyl (C=O) groups is 2. The molecular formula is C10H17NO3. The summed E-state index contributed by atoms with van der Waals surface area (Å²) in [5.74, 6) is -0.505. The molecule has 4 heteroatoms. The largest absolute Gasteiger partial charge is 0.464 e. The van der Waals surface area contributed by atoms with Gasteiger partial charge in [0, 0.05) is 0 Å². The van der Waals surface area contributed by atoms with E-state index in [-0.39, 0.29) is 5.91 Å². The van der Waals surface area contributed by atoms with Gasteiger partial charge in [0.1, 0.15) is 6.04 Å². The van der Waals surface area contributed by atoms with Gasteiger partial charge in [0.15, 0.2) is 0 Å². The Morgan fingerprint density at radius 3 is 2.43 bits per heavy atom. The van der Waals surface area contributed by atoms with Crippen molar-refractivity contribution >= 4 is 11.9 Å². The van der Waals surface area contributed by atoms with E-state index in [1.165, 1.54) is 0 Å². The maximum absolute atomic E-state index is 11.2. The Morgan fingerprint density at radius 1 is 1.43 bits per heavy atom. The van der Waals surface area contributed by atoms with Gasteiger partial charge in [0.25, 0.3) is 0 Å². The molecular weight excluding hydrogens is 182 g/mol. The summed E-state index contributed by atoms with van der Waals surface area (Å²) in [6.07, 6.45) is 1.12. The minimum Gasteiger partial charge on any atom is -0.464 e. The summed E-state index contributed by atoms with van der Waals surface area (Å²) >= 11 is 0. The fourth-order valence-corrected chi connectivity index (χ4v) is 0.705. The minimum atomic E-state index is -0.626. The van der Waals surface area contributed by atoms with E-state index < -0.39 is 12.0 Å². The predicted octanol–water partition coefficient (Wildman–Crippen LogP) is 0.876. The first-order valence-corrected chi connectivity index (χ1v) is 4.57. The number of hydrogen-bond acceptors (Lipinski definition) is 3. The number of carbonyl (C=O) groups excluding carboxylic acids is 2. The summed E-state index contributed by atoms with van der Waals surface area (Å²) < 4.78 is 4.92. The molecule has 1 N–H and O–H groups in total. The van der Waals surface area contributed by atoms with Crippen LogP contribution in [0.4, 0.5) is 0 Å². The van der Waals surface area contributed by atoms with Crippen LogP contribution in [0.15, 0.2) is 12.7 Å². The number of amides is 1. The van der Waals surface area contributed by atoms with Gasteiger partial charge in [0.2, 0.25) is 5.91 Å². The standard InChI is InChI=1S/C10H17NO3/c1-5-9(12)11-8(4)10(13)14-6-7(2)3/h5,7-8H,1,6H2,2-4H3,(H,11,12). The number of hydrogen-bond donors (Lipinski definition) is 1. The van der Waals surface area contributed by atoms with Crippen molar-refractivity contribution in [1.82, 2.24) is 5.32 Å². The van der Waals surface area contributed by atoms with Gasteiger partial charge >= 0.3 is 5.97 Å². The van der Waals surface area contributed by atoms with Crippen LogP contribution in [0.3, 0.4) is 0 Å². The van der Waals surface area contributed by atoms with Crippen molar-refractivity contribution in [3.8, 4) is 0 Å². The molecule has 0 fully saturated rings. The van der Waals surface area contributed by atoms with Gasteiger partial charge in [0.05, 0.1) is 6.61 Å². The van der Waals surface area contributed by atoms with Gasteiger partial charge in [-0.3, -0.25) is 4.79 Å². The molecule has 0 aliphatic carbocycles. The quantitative estimate of drug-likeness (QED) is 0.528. The van der Waals surface area contributed by atoms with Crippen molar-refractivity contribution in [2.45, 2.75) is 26.8 Å². The van der Waals surface area contributed by atoms with E-state index in [1.807, 2.05) is 13.8 Å². The molecule has 0 aliphatic rings. The molecule has 0 aliphatic heterocycles. The van der Waals surface area contributed by atoms with Crippen LogP contribution < -0.4 is 5.32 Å². The van der Waals surface area contributed by atoms with Crippen molar-refractivity contribution in [3.63, 3.8) is 0 Å². The highest BCUT2D eigenvalue weighted by Crippen LogP contribution is 1.95. The van der Waals surface area contributed by atoms with E-state index in [0.717, 1.165) is 6.08 Å². The topological polar surface area (TPSA) is 55.4 Å². The predicted molar refractivity (Wildman–Crippen MR) is 53.6 cm³/mol. The second-order valence-electron chi connectivity index (χ2n) is 3.46. The molecule has 0 bridgehead atoms.